The van der Waals surface area contributed by atoms with Gasteiger partial charge in [0, 0.05) is 12.4 Å². The Kier molecular flexibility index (Phi) is 3.83. The summed E-state index contributed by atoms with van der Waals surface area (Å²) in [4.78, 5) is 15.5. The van der Waals surface area contributed by atoms with Crippen LogP contribution in [0.4, 0.5) is 5.82 Å². The maximum absolute atomic E-state index is 11.0. The van der Waals surface area contributed by atoms with Crippen molar-refractivity contribution in [3.8, 4) is 0 Å². The molecule has 6 heteroatoms. The summed E-state index contributed by atoms with van der Waals surface area (Å²) >= 11 is 0. The van der Waals surface area contributed by atoms with Crippen LogP contribution in [0.1, 0.15) is 31.0 Å². The summed E-state index contributed by atoms with van der Waals surface area (Å²) in [5.74, 6) is 0.832. The number of aromatic nitrogens is 3. The van der Waals surface area contributed by atoms with Crippen molar-refractivity contribution >= 4 is 16.9 Å². The van der Waals surface area contributed by atoms with Crippen LogP contribution in [0.2, 0.25) is 0 Å². The quantitative estimate of drug-likeness (QED) is 0.477. The van der Waals surface area contributed by atoms with Gasteiger partial charge >= 0.3 is 0 Å². The molecule has 6 nitrogen and oxygen atoms in total. The van der Waals surface area contributed by atoms with Gasteiger partial charge in [-0.25, -0.2) is 9.99 Å². The van der Waals surface area contributed by atoms with Gasteiger partial charge in [-0.1, -0.05) is 19.9 Å². The Bertz CT molecular complexity index is 659. The number of rotatable bonds is 5. The van der Waals surface area contributed by atoms with Crippen LogP contribution < -0.4 is 5.01 Å². The summed E-state index contributed by atoms with van der Waals surface area (Å²) in [7, 11) is 1.85. The number of hydrogen-bond donors (Lipinski definition) is 0. The molecule has 2 rings (SSSR count). The Labute approximate surface area is 118 Å². The number of hydrogen-bond acceptors (Lipinski definition) is 4. The molecule has 0 unspecified atom stereocenters. The molecule has 0 atom stereocenters. The highest BCUT2D eigenvalue weighted by Gasteiger charge is 2.18. The molecule has 2 heterocycles. The lowest BCUT2D eigenvalue weighted by molar-refractivity contribution is 0.771. The van der Waals surface area contributed by atoms with E-state index in [2.05, 4.69) is 35.8 Å². The Morgan fingerprint density at radius 2 is 2.25 bits per heavy atom. The summed E-state index contributed by atoms with van der Waals surface area (Å²) < 4.78 is 1.73. The third-order valence-corrected chi connectivity index (χ3v) is 3.27. The number of anilines is 1. The molecule has 0 N–H and O–H groups in total. The van der Waals surface area contributed by atoms with Crippen molar-refractivity contribution in [1.82, 2.24) is 14.8 Å². The molecule has 106 valence electrons. The van der Waals surface area contributed by atoms with Crippen molar-refractivity contribution in [3.63, 3.8) is 0 Å². The van der Waals surface area contributed by atoms with E-state index >= 15 is 0 Å². The zero-order valence-electron chi connectivity index (χ0n) is 12.3. The highest BCUT2D eigenvalue weighted by atomic mass is 16.3. The molecule has 0 saturated carbocycles. The Hall–Kier alpha value is -2.24. The molecule has 0 bridgehead atoms. The van der Waals surface area contributed by atoms with Gasteiger partial charge in [-0.2, -0.15) is 5.10 Å². The van der Waals surface area contributed by atoms with Crippen molar-refractivity contribution in [2.75, 3.05) is 11.6 Å². The fourth-order valence-corrected chi connectivity index (χ4v) is 2.34. The molecule has 2 aromatic heterocycles. The maximum Gasteiger partial charge on any atom is 0.160 e. The van der Waals surface area contributed by atoms with Crippen LogP contribution in [-0.2, 0) is 7.05 Å². The van der Waals surface area contributed by atoms with Gasteiger partial charge in [0.2, 0.25) is 0 Å². The third-order valence-electron chi connectivity index (χ3n) is 3.27. The normalized spacial score (nSPS) is 11.1. The fourth-order valence-electron chi connectivity index (χ4n) is 2.34. The minimum absolute atomic E-state index is 0.305. The first-order valence-corrected chi connectivity index (χ1v) is 6.55. The molecular formula is C14H19N5O. The van der Waals surface area contributed by atoms with Crippen LogP contribution in [-0.4, -0.2) is 21.3 Å². The first-order valence-electron chi connectivity index (χ1n) is 6.55. The van der Waals surface area contributed by atoms with E-state index in [1.54, 1.807) is 10.8 Å². The molecule has 0 saturated heterocycles. The van der Waals surface area contributed by atoms with E-state index in [-0.39, 0.29) is 0 Å². The van der Waals surface area contributed by atoms with E-state index in [9.17, 15) is 4.91 Å². The van der Waals surface area contributed by atoms with E-state index in [1.165, 1.54) is 5.01 Å². The Balaban J connectivity index is 2.72. The lowest BCUT2D eigenvalue weighted by Crippen LogP contribution is -2.17. The van der Waals surface area contributed by atoms with Crippen LogP contribution >= 0.6 is 0 Å². The highest BCUT2D eigenvalue weighted by Crippen LogP contribution is 2.30. The van der Waals surface area contributed by atoms with E-state index in [4.69, 9.17) is 0 Å². The smallest absolute Gasteiger partial charge is 0.160 e. The van der Waals surface area contributed by atoms with Gasteiger partial charge in [-0.3, -0.25) is 4.68 Å². The van der Waals surface area contributed by atoms with Gasteiger partial charge < -0.3 is 0 Å². The molecular weight excluding hydrogens is 254 g/mol. The van der Waals surface area contributed by atoms with Crippen molar-refractivity contribution in [2.45, 2.75) is 26.7 Å². The van der Waals surface area contributed by atoms with E-state index in [0.29, 0.717) is 18.3 Å². The molecule has 0 aliphatic heterocycles. The molecule has 0 aliphatic rings. The average Bonchev–Trinajstić information content (AvgIpc) is 2.70. The molecule has 20 heavy (non-hydrogen) atoms. The van der Waals surface area contributed by atoms with E-state index in [0.717, 1.165) is 22.3 Å². The van der Waals surface area contributed by atoms with Crippen molar-refractivity contribution in [3.05, 3.63) is 34.9 Å². The molecule has 0 spiro atoms. The first-order chi connectivity index (χ1) is 9.49. The summed E-state index contributed by atoms with van der Waals surface area (Å²) in [5, 5.41) is 9.77. The molecule has 0 aromatic carbocycles. The van der Waals surface area contributed by atoms with Crippen LogP contribution in [0.3, 0.4) is 0 Å². The molecule has 0 amide bonds. The molecule has 0 aliphatic carbocycles. The SMILES string of the molecule is C=CCN(N=O)c1cc(C(C)C)c2c(C)nn(C)c2n1. The van der Waals surface area contributed by atoms with Gasteiger partial charge in [-0.05, 0) is 24.5 Å². The summed E-state index contributed by atoms with van der Waals surface area (Å²) in [5.41, 5.74) is 2.83. The maximum atomic E-state index is 11.0. The number of nitrogens with zero attached hydrogens (tertiary/aromatic N) is 5. The van der Waals surface area contributed by atoms with Crippen LogP contribution in [0.15, 0.2) is 24.0 Å². The minimum Gasteiger partial charge on any atom is -0.250 e. The fraction of sp³-hybridized carbons (Fsp3) is 0.429. The van der Waals surface area contributed by atoms with Crippen LogP contribution in [0, 0.1) is 11.8 Å². The Morgan fingerprint density at radius 3 is 2.80 bits per heavy atom. The van der Waals surface area contributed by atoms with Crippen LogP contribution in [0.5, 0.6) is 0 Å². The Morgan fingerprint density at radius 1 is 1.55 bits per heavy atom. The van der Waals surface area contributed by atoms with Gasteiger partial charge in [-0.15, -0.1) is 11.5 Å². The zero-order chi connectivity index (χ0) is 14.9. The summed E-state index contributed by atoms with van der Waals surface area (Å²) in [6.07, 6.45) is 1.62. The van der Waals surface area contributed by atoms with E-state index in [1.807, 2.05) is 20.0 Å². The summed E-state index contributed by atoms with van der Waals surface area (Å²) in [6, 6.07) is 1.91. The van der Waals surface area contributed by atoms with Gasteiger partial charge in [0.1, 0.15) is 0 Å². The number of nitroso groups, excluding NO2 is 1. The predicted octanol–water partition coefficient (Wildman–Crippen LogP) is 3.07. The number of aryl methyl sites for hydroxylation is 2. The highest BCUT2D eigenvalue weighted by molar-refractivity contribution is 5.84. The average molecular weight is 273 g/mol. The monoisotopic (exact) mass is 273 g/mol. The minimum atomic E-state index is 0.305. The van der Waals surface area contributed by atoms with Crippen LogP contribution in [0.25, 0.3) is 11.0 Å². The van der Waals surface area contributed by atoms with Crippen molar-refractivity contribution in [1.29, 1.82) is 0 Å². The first kappa shape index (κ1) is 14.2. The van der Waals surface area contributed by atoms with Gasteiger partial charge in [0.25, 0.3) is 0 Å². The predicted molar refractivity (Wildman–Crippen MR) is 80.7 cm³/mol. The third kappa shape index (κ3) is 2.29. The molecule has 2 aromatic rings. The largest absolute Gasteiger partial charge is 0.250 e. The standard InChI is InChI=1S/C14H19N5O/c1-6-7-19(17-20)12-8-11(9(2)3)13-10(4)16-18(5)14(13)15-12/h6,8-9H,1,7H2,2-5H3. The topological polar surface area (TPSA) is 63.4 Å². The lowest BCUT2D eigenvalue weighted by atomic mass is 10.00. The van der Waals surface area contributed by atoms with Crippen molar-refractivity contribution in [2.24, 2.45) is 12.3 Å². The summed E-state index contributed by atoms with van der Waals surface area (Å²) in [6.45, 7) is 10.1. The number of fused-ring (bicyclic) bond motifs is 1. The van der Waals surface area contributed by atoms with Gasteiger partial charge in [0.15, 0.2) is 11.5 Å². The zero-order valence-corrected chi connectivity index (χ0v) is 12.3. The second-order valence-electron chi connectivity index (χ2n) is 5.08. The lowest BCUT2D eigenvalue weighted by Gasteiger charge is -2.15. The van der Waals surface area contributed by atoms with Crippen molar-refractivity contribution < 1.29 is 0 Å². The molecule has 0 fully saturated rings. The molecule has 0 radical (unpaired) electrons. The van der Waals surface area contributed by atoms with E-state index < -0.39 is 0 Å². The second-order valence-corrected chi connectivity index (χ2v) is 5.08. The number of pyridine rings is 1. The van der Waals surface area contributed by atoms with Gasteiger partial charge in [0.05, 0.1) is 17.5 Å². The second kappa shape index (κ2) is 5.40.